The molecule has 0 saturated carbocycles. The zero-order valence-electron chi connectivity index (χ0n) is 10.9. The van der Waals surface area contributed by atoms with E-state index in [0.717, 1.165) is 19.2 Å². The second-order valence-corrected chi connectivity index (χ2v) is 5.28. The first-order valence-electron chi connectivity index (χ1n) is 5.66. The van der Waals surface area contributed by atoms with Crippen molar-refractivity contribution in [2.75, 3.05) is 18.4 Å². The molecule has 9 heteroatoms. The smallest absolute Gasteiger partial charge is 0.343 e. The summed E-state index contributed by atoms with van der Waals surface area (Å²) in [5.41, 5.74) is -1.50. The standard InChI is InChI=1S/C11H14F2N2O4S/c1-3-6-14-20(17,18)15-8-5-4-7(12)9(10(8)13)11(16)19-2/h4-5,14-15H,3,6H2,1-2H3. The van der Waals surface area contributed by atoms with Crippen LogP contribution in [0.1, 0.15) is 23.7 Å². The van der Waals surface area contributed by atoms with Gasteiger partial charge in [0.2, 0.25) is 0 Å². The predicted molar refractivity (Wildman–Crippen MR) is 68.5 cm³/mol. The number of carbonyl (C=O) groups excluding carboxylic acids is 1. The first-order valence-corrected chi connectivity index (χ1v) is 7.14. The summed E-state index contributed by atoms with van der Waals surface area (Å²) in [6.07, 6.45) is 0.542. The van der Waals surface area contributed by atoms with Gasteiger partial charge in [0, 0.05) is 6.54 Å². The second kappa shape index (κ2) is 6.62. The normalized spacial score (nSPS) is 11.2. The summed E-state index contributed by atoms with van der Waals surface area (Å²) in [6, 6.07) is 1.65. The van der Waals surface area contributed by atoms with Crippen molar-refractivity contribution in [1.29, 1.82) is 0 Å². The van der Waals surface area contributed by atoms with Gasteiger partial charge >= 0.3 is 5.97 Å². The van der Waals surface area contributed by atoms with Crippen molar-refractivity contribution in [3.8, 4) is 0 Å². The van der Waals surface area contributed by atoms with Crippen LogP contribution in [-0.4, -0.2) is 28.0 Å². The molecule has 0 aliphatic rings. The summed E-state index contributed by atoms with van der Waals surface area (Å²) in [4.78, 5) is 11.2. The Bertz CT molecular complexity index is 605. The third-order valence-electron chi connectivity index (χ3n) is 2.27. The van der Waals surface area contributed by atoms with E-state index in [0.29, 0.717) is 6.42 Å². The maximum Gasteiger partial charge on any atom is 0.343 e. The van der Waals surface area contributed by atoms with Crippen LogP contribution in [0.2, 0.25) is 0 Å². The lowest BCUT2D eigenvalue weighted by atomic mass is 10.2. The number of methoxy groups -OCH3 is 1. The van der Waals surface area contributed by atoms with Gasteiger partial charge in [0.15, 0.2) is 5.82 Å². The van der Waals surface area contributed by atoms with Crippen molar-refractivity contribution in [1.82, 2.24) is 4.72 Å². The van der Waals surface area contributed by atoms with E-state index in [9.17, 15) is 22.0 Å². The molecule has 0 saturated heterocycles. The molecule has 1 rings (SSSR count). The van der Waals surface area contributed by atoms with Crippen molar-refractivity contribution in [3.63, 3.8) is 0 Å². The Kier molecular flexibility index (Phi) is 5.40. The molecule has 0 unspecified atom stereocenters. The van der Waals surface area contributed by atoms with E-state index in [1.165, 1.54) is 0 Å². The number of ether oxygens (including phenoxy) is 1. The quantitative estimate of drug-likeness (QED) is 0.778. The van der Waals surface area contributed by atoms with Crippen LogP contribution in [0.3, 0.4) is 0 Å². The van der Waals surface area contributed by atoms with Crippen molar-refractivity contribution < 1.29 is 26.7 Å². The first kappa shape index (κ1) is 16.3. The van der Waals surface area contributed by atoms with Crippen LogP contribution in [0.5, 0.6) is 0 Å². The molecule has 6 nitrogen and oxygen atoms in total. The Labute approximate surface area is 115 Å². The van der Waals surface area contributed by atoms with Crippen molar-refractivity contribution in [2.24, 2.45) is 0 Å². The lowest BCUT2D eigenvalue weighted by molar-refractivity contribution is 0.0590. The van der Waals surface area contributed by atoms with E-state index in [1.807, 2.05) is 4.72 Å². The average molecular weight is 308 g/mol. The Hall–Kier alpha value is -1.74. The Morgan fingerprint density at radius 1 is 1.35 bits per heavy atom. The van der Waals surface area contributed by atoms with Gasteiger partial charge < -0.3 is 4.74 Å². The van der Waals surface area contributed by atoms with Gasteiger partial charge in [-0.05, 0) is 18.6 Å². The third-order valence-corrected chi connectivity index (χ3v) is 3.34. The molecule has 1 aromatic rings. The molecule has 0 radical (unpaired) electrons. The number of hydrogen-bond acceptors (Lipinski definition) is 4. The largest absolute Gasteiger partial charge is 0.465 e. The van der Waals surface area contributed by atoms with E-state index in [1.54, 1.807) is 6.92 Å². The maximum absolute atomic E-state index is 13.9. The number of carbonyl (C=O) groups is 1. The van der Waals surface area contributed by atoms with E-state index in [2.05, 4.69) is 9.46 Å². The molecular formula is C11H14F2N2O4S. The molecule has 20 heavy (non-hydrogen) atoms. The highest BCUT2D eigenvalue weighted by Crippen LogP contribution is 2.22. The molecule has 0 heterocycles. The topological polar surface area (TPSA) is 84.5 Å². The van der Waals surface area contributed by atoms with Gasteiger partial charge in [-0.25, -0.2) is 13.6 Å². The maximum atomic E-state index is 13.9. The fraction of sp³-hybridized carbons (Fsp3) is 0.364. The van der Waals surface area contributed by atoms with Gasteiger partial charge in [-0.3, -0.25) is 4.72 Å². The number of anilines is 1. The number of hydrogen-bond donors (Lipinski definition) is 2. The van der Waals surface area contributed by atoms with Crippen LogP contribution in [0.4, 0.5) is 14.5 Å². The third kappa shape index (κ3) is 3.87. The molecule has 0 bridgehead atoms. The molecule has 112 valence electrons. The SMILES string of the molecule is CCCNS(=O)(=O)Nc1ccc(F)c(C(=O)OC)c1F. The molecule has 0 aliphatic carbocycles. The molecule has 2 N–H and O–H groups in total. The number of rotatable bonds is 6. The molecular weight excluding hydrogens is 294 g/mol. The van der Waals surface area contributed by atoms with Crippen LogP contribution in [-0.2, 0) is 14.9 Å². The Morgan fingerprint density at radius 2 is 2.00 bits per heavy atom. The minimum Gasteiger partial charge on any atom is -0.465 e. The fourth-order valence-corrected chi connectivity index (χ4v) is 2.33. The summed E-state index contributed by atoms with van der Waals surface area (Å²) in [5.74, 6) is -3.71. The minimum atomic E-state index is -4.00. The van der Waals surface area contributed by atoms with Crippen LogP contribution in [0.15, 0.2) is 12.1 Å². The predicted octanol–water partition coefficient (Wildman–Crippen LogP) is 1.41. The second-order valence-electron chi connectivity index (χ2n) is 3.78. The molecule has 0 atom stereocenters. The monoisotopic (exact) mass is 308 g/mol. The number of esters is 1. The number of nitrogens with one attached hydrogen (secondary N) is 2. The zero-order valence-corrected chi connectivity index (χ0v) is 11.7. The van der Waals surface area contributed by atoms with Gasteiger partial charge in [-0.1, -0.05) is 6.92 Å². The van der Waals surface area contributed by atoms with Crippen LogP contribution in [0, 0.1) is 11.6 Å². The van der Waals surface area contributed by atoms with Crippen LogP contribution >= 0.6 is 0 Å². The molecule has 1 aromatic carbocycles. The summed E-state index contributed by atoms with van der Waals surface area (Å²) in [5, 5.41) is 0. The Morgan fingerprint density at radius 3 is 2.55 bits per heavy atom. The van der Waals surface area contributed by atoms with Crippen molar-refractivity contribution >= 4 is 21.9 Å². The van der Waals surface area contributed by atoms with E-state index in [-0.39, 0.29) is 6.54 Å². The summed E-state index contributed by atoms with van der Waals surface area (Å²) in [7, 11) is -3.04. The molecule has 0 aliphatic heterocycles. The summed E-state index contributed by atoms with van der Waals surface area (Å²) < 4.78 is 58.7. The molecule has 0 spiro atoms. The summed E-state index contributed by atoms with van der Waals surface area (Å²) >= 11 is 0. The van der Waals surface area contributed by atoms with Crippen molar-refractivity contribution in [2.45, 2.75) is 13.3 Å². The van der Waals surface area contributed by atoms with Crippen LogP contribution < -0.4 is 9.44 Å². The van der Waals surface area contributed by atoms with E-state index < -0.39 is 39.1 Å². The number of benzene rings is 1. The van der Waals surface area contributed by atoms with Crippen LogP contribution in [0.25, 0.3) is 0 Å². The first-order chi connectivity index (χ1) is 9.32. The minimum absolute atomic E-state index is 0.155. The molecule has 0 fully saturated rings. The van der Waals surface area contributed by atoms with Gasteiger partial charge in [-0.15, -0.1) is 0 Å². The molecule has 0 aromatic heterocycles. The molecule has 0 amide bonds. The van der Waals surface area contributed by atoms with Gasteiger partial charge in [-0.2, -0.15) is 13.1 Å². The van der Waals surface area contributed by atoms with E-state index >= 15 is 0 Å². The van der Waals surface area contributed by atoms with Gasteiger partial charge in [0.25, 0.3) is 10.2 Å². The Balaban J connectivity index is 3.12. The lowest BCUT2D eigenvalue weighted by Crippen LogP contribution is -2.31. The van der Waals surface area contributed by atoms with Gasteiger partial charge in [0.1, 0.15) is 11.4 Å². The highest BCUT2D eigenvalue weighted by Gasteiger charge is 2.23. The average Bonchev–Trinajstić information content (AvgIpc) is 2.39. The van der Waals surface area contributed by atoms with Gasteiger partial charge in [0.05, 0.1) is 12.8 Å². The number of halogens is 2. The van der Waals surface area contributed by atoms with E-state index in [4.69, 9.17) is 0 Å². The zero-order chi connectivity index (χ0) is 15.3. The van der Waals surface area contributed by atoms with Crippen molar-refractivity contribution in [3.05, 3.63) is 29.3 Å². The summed E-state index contributed by atoms with van der Waals surface area (Å²) in [6.45, 7) is 1.90. The lowest BCUT2D eigenvalue weighted by Gasteiger charge is -2.11. The fourth-order valence-electron chi connectivity index (χ4n) is 1.34. The highest BCUT2D eigenvalue weighted by molar-refractivity contribution is 7.90. The highest BCUT2D eigenvalue weighted by atomic mass is 32.2.